The highest BCUT2D eigenvalue weighted by Gasteiger charge is 2.14. The average Bonchev–Trinajstić information content (AvgIpc) is 2.34. The van der Waals surface area contributed by atoms with Crippen LogP contribution >= 0.6 is 0 Å². The summed E-state index contributed by atoms with van der Waals surface area (Å²) in [6.07, 6.45) is 1.14. The summed E-state index contributed by atoms with van der Waals surface area (Å²) in [6.45, 7) is 3.52. The van der Waals surface area contributed by atoms with E-state index in [4.69, 9.17) is 0 Å². The van der Waals surface area contributed by atoms with Gasteiger partial charge in [0.15, 0.2) is 0 Å². The number of carbonyl (C=O) groups excluding carboxylic acids is 1. The average molecular weight is 171 g/mol. The minimum Gasteiger partial charge on any atom is -0.461 e. The van der Waals surface area contributed by atoms with Crippen molar-refractivity contribution >= 4 is 5.97 Å². The molecule has 0 spiro atoms. The number of halogens is 1. The van der Waals surface area contributed by atoms with E-state index < -0.39 is 11.8 Å². The van der Waals surface area contributed by atoms with Crippen molar-refractivity contribution in [2.45, 2.75) is 13.8 Å². The van der Waals surface area contributed by atoms with Crippen molar-refractivity contribution < 1.29 is 13.9 Å². The smallest absolute Gasteiger partial charge is 0.355 e. The van der Waals surface area contributed by atoms with E-state index in [0.29, 0.717) is 12.2 Å². The van der Waals surface area contributed by atoms with Gasteiger partial charge in [-0.15, -0.1) is 0 Å². The Kier molecular flexibility index (Phi) is 2.47. The third kappa shape index (κ3) is 1.47. The van der Waals surface area contributed by atoms with Crippen LogP contribution in [-0.2, 0) is 4.74 Å². The Morgan fingerprint density at radius 3 is 2.83 bits per heavy atom. The van der Waals surface area contributed by atoms with Crippen LogP contribution in [-0.4, -0.2) is 17.6 Å². The van der Waals surface area contributed by atoms with Gasteiger partial charge in [0.1, 0.15) is 11.5 Å². The SMILES string of the molecule is CCOC(=O)c1[nH]cc(F)c1C. The van der Waals surface area contributed by atoms with Gasteiger partial charge in [-0.1, -0.05) is 0 Å². The molecule has 0 bridgehead atoms. The van der Waals surface area contributed by atoms with Gasteiger partial charge in [-0.2, -0.15) is 0 Å². The lowest BCUT2D eigenvalue weighted by atomic mass is 10.3. The summed E-state index contributed by atoms with van der Waals surface area (Å²) in [5, 5.41) is 0. The predicted octanol–water partition coefficient (Wildman–Crippen LogP) is 1.64. The van der Waals surface area contributed by atoms with E-state index in [1.807, 2.05) is 0 Å². The van der Waals surface area contributed by atoms with Crippen molar-refractivity contribution in [3.05, 3.63) is 23.3 Å². The topological polar surface area (TPSA) is 42.1 Å². The molecule has 1 N–H and O–H groups in total. The molecule has 0 saturated carbocycles. The molecular formula is C8H10FNO2. The molecule has 1 rings (SSSR count). The number of H-pyrrole nitrogens is 1. The number of esters is 1. The molecule has 1 heterocycles. The molecule has 1 aromatic rings. The fourth-order valence-electron chi connectivity index (χ4n) is 0.887. The van der Waals surface area contributed by atoms with Crippen LogP contribution in [0.4, 0.5) is 4.39 Å². The Morgan fingerprint density at radius 2 is 2.42 bits per heavy atom. The third-order valence-corrected chi connectivity index (χ3v) is 1.56. The van der Waals surface area contributed by atoms with Crippen molar-refractivity contribution in [2.24, 2.45) is 0 Å². The molecular weight excluding hydrogens is 161 g/mol. The Morgan fingerprint density at radius 1 is 1.75 bits per heavy atom. The van der Waals surface area contributed by atoms with Crippen LogP contribution in [0, 0.1) is 12.7 Å². The number of ether oxygens (including phenoxy) is 1. The monoisotopic (exact) mass is 171 g/mol. The minimum atomic E-state index is -0.515. The molecule has 0 amide bonds. The summed E-state index contributed by atoms with van der Waals surface area (Å²) in [5.41, 5.74) is 0.489. The first-order valence-electron chi connectivity index (χ1n) is 3.67. The van der Waals surface area contributed by atoms with E-state index in [9.17, 15) is 9.18 Å². The molecule has 0 aliphatic carbocycles. The predicted molar refractivity (Wildman–Crippen MR) is 41.4 cm³/mol. The zero-order chi connectivity index (χ0) is 9.14. The molecule has 0 aromatic carbocycles. The maximum Gasteiger partial charge on any atom is 0.355 e. The van der Waals surface area contributed by atoms with Crippen molar-refractivity contribution in [2.75, 3.05) is 6.61 Å². The van der Waals surface area contributed by atoms with Crippen molar-refractivity contribution in [1.82, 2.24) is 4.98 Å². The van der Waals surface area contributed by atoms with Crippen LogP contribution in [0.3, 0.4) is 0 Å². The number of nitrogens with one attached hydrogen (secondary N) is 1. The first-order chi connectivity index (χ1) is 5.66. The van der Waals surface area contributed by atoms with Gasteiger partial charge >= 0.3 is 5.97 Å². The minimum absolute atomic E-state index is 0.189. The van der Waals surface area contributed by atoms with Gasteiger partial charge in [-0.3, -0.25) is 0 Å². The normalized spacial score (nSPS) is 9.92. The highest BCUT2D eigenvalue weighted by molar-refractivity contribution is 5.89. The highest BCUT2D eigenvalue weighted by Crippen LogP contribution is 2.11. The number of aromatic nitrogens is 1. The Bertz CT molecular complexity index is 293. The lowest BCUT2D eigenvalue weighted by molar-refractivity contribution is 0.0519. The van der Waals surface area contributed by atoms with Crippen LogP contribution in [0.25, 0.3) is 0 Å². The van der Waals surface area contributed by atoms with Crippen LogP contribution in [0.1, 0.15) is 23.0 Å². The molecule has 0 saturated heterocycles. The summed E-state index contributed by atoms with van der Waals surface area (Å²) >= 11 is 0. The van der Waals surface area contributed by atoms with Gasteiger partial charge in [0.2, 0.25) is 0 Å². The standard InChI is InChI=1S/C8H10FNO2/c1-3-12-8(11)7-5(2)6(9)4-10-7/h4,10H,3H2,1-2H3. The van der Waals surface area contributed by atoms with Crippen LogP contribution < -0.4 is 0 Å². The van der Waals surface area contributed by atoms with E-state index >= 15 is 0 Å². The number of carbonyl (C=O) groups is 1. The molecule has 0 aliphatic heterocycles. The number of rotatable bonds is 2. The fraction of sp³-hybridized carbons (Fsp3) is 0.375. The van der Waals surface area contributed by atoms with Crippen LogP contribution in [0.15, 0.2) is 6.20 Å². The number of hydrogen-bond acceptors (Lipinski definition) is 2. The lowest BCUT2D eigenvalue weighted by Gasteiger charge is -1.99. The highest BCUT2D eigenvalue weighted by atomic mass is 19.1. The molecule has 0 aliphatic rings. The summed E-state index contributed by atoms with van der Waals surface area (Å²) in [5.74, 6) is -0.933. The summed E-state index contributed by atoms with van der Waals surface area (Å²) < 4.78 is 17.4. The van der Waals surface area contributed by atoms with Gasteiger partial charge in [-0.05, 0) is 13.8 Å². The maximum atomic E-state index is 12.7. The van der Waals surface area contributed by atoms with Gasteiger partial charge in [0, 0.05) is 11.8 Å². The largest absolute Gasteiger partial charge is 0.461 e. The molecule has 66 valence electrons. The van der Waals surface area contributed by atoms with E-state index in [-0.39, 0.29) is 5.69 Å². The molecule has 3 nitrogen and oxygen atoms in total. The molecule has 0 atom stereocenters. The summed E-state index contributed by atoms with van der Waals surface area (Å²) in [6, 6.07) is 0. The molecule has 0 radical (unpaired) electrons. The van der Waals surface area contributed by atoms with Crippen molar-refractivity contribution in [3.63, 3.8) is 0 Å². The van der Waals surface area contributed by atoms with Gasteiger partial charge in [0.05, 0.1) is 6.61 Å². The Hall–Kier alpha value is -1.32. The second-order valence-corrected chi connectivity index (χ2v) is 2.36. The van der Waals surface area contributed by atoms with Crippen molar-refractivity contribution in [3.8, 4) is 0 Å². The van der Waals surface area contributed by atoms with E-state index in [1.165, 1.54) is 6.92 Å². The second-order valence-electron chi connectivity index (χ2n) is 2.36. The quantitative estimate of drug-likeness (QED) is 0.687. The fourth-order valence-corrected chi connectivity index (χ4v) is 0.887. The van der Waals surface area contributed by atoms with Crippen molar-refractivity contribution in [1.29, 1.82) is 0 Å². The molecule has 0 fully saturated rings. The number of aromatic amines is 1. The summed E-state index contributed by atoms with van der Waals surface area (Å²) in [7, 11) is 0. The van der Waals surface area contributed by atoms with E-state index in [2.05, 4.69) is 9.72 Å². The lowest BCUT2D eigenvalue weighted by Crippen LogP contribution is -2.06. The first kappa shape index (κ1) is 8.77. The number of hydrogen-bond donors (Lipinski definition) is 1. The molecule has 1 aromatic heterocycles. The second kappa shape index (κ2) is 3.38. The van der Waals surface area contributed by atoms with Crippen LogP contribution in [0.2, 0.25) is 0 Å². The van der Waals surface area contributed by atoms with E-state index in [1.54, 1.807) is 6.92 Å². The molecule has 4 heteroatoms. The Labute approximate surface area is 69.5 Å². The van der Waals surface area contributed by atoms with Crippen LogP contribution in [0.5, 0.6) is 0 Å². The molecule has 12 heavy (non-hydrogen) atoms. The zero-order valence-electron chi connectivity index (χ0n) is 6.98. The van der Waals surface area contributed by atoms with Gasteiger partial charge < -0.3 is 9.72 Å². The third-order valence-electron chi connectivity index (χ3n) is 1.56. The Balaban J connectivity index is 2.88. The van der Waals surface area contributed by atoms with Gasteiger partial charge in [-0.25, -0.2) is 9.18 Å². The maximum absolute atomic E-state index is 12.7. The molecule has 0 unspecified atom stereocenters. The zero-order valence-corrected chi connectivity index (χ0v) is 6.98. The van der Waals surface area contributed by atoms with E-state index in [0.717, 1.165) is 6.20 Å². The summed E-state index contributed by atoms with van der Waals surface area (Å²) in [4.78, 5) is 13.6. The van der Waals surface area contributed by atoms with Gasteiger partial charge in [0.25, 0.3) is 0 Å². The first-order valence-corrected chi connectivity index (χ1v) is 3.67.